The molecule has 1 rings (SSSR count). The first-order chi connectivity index (χ1) is 7.04. The molecule has 0 aromatic carbocycles. The number of ether oxygens (including phenoxy) is 1. The van der Waals surface area contributed by atoms with E-state index >= 15 is 0 Å². The molecule has 1 aromatic rings. The smallest absolute Gasteiger partial charge is 0.358 e. The van der Waals surface area contributed by atoms with Crippen LogP contribution in [-0.2, 0) is 11.3 Å². The Hall–Kier alpha value is -0.590. The van der Waals surface area contributed by atoms with Gasteiger partial charge in [-0.05, 0) is 35.4 Å². The van der Waals surface area contributed by atoms with Gasteiger partial charge in [-0.3, -0.25) is 4.68 Å². The molecule has 0 saturated heterocycles. The average Bonchev–Trinajstić information content (AvgIpc) is 2.47. The Balaban J connectivity index is 2.80. The molecule has 0 atom stereocenters. The van der Waals surface area contributed by atoms with E-state index in [4.69, 9.17) is 4.74 Å². The number of hydrogen-bond donors (Lipinski definition) is 0. The summed E-state index contributed by atoms with van der Waals surface area (Å²) in [6, 6.07) is 1.75. The van der Waals surface area contributed by atoms with Crippen molar-refractivity contribution in [2.75, 3.05) is 6.61 Å². The van der Waals surface area contributed by atoms with Crippen LogP contribution < -0.4 is 0 Å². The maximum atomic E-state index is 11.4. The molecule has 0 fully saturated rings. The van der Waals surface area contributed by atoms with E-state index in [9.17, 15) is 4.79 Å². The van der Waals surface area contributed by atoms with Crippen LogP contribution in [0.4, 0.5) is 0 Å². The van der Waals surface area contributed by atoms with E-state index in [0.717, 1.165) is 10.2 Å². The van der Waals surface area contributed by atoms with Crippen LogP contribution in [0.5, 0.6) is 0 Å². The summed E-state index contributed by atoms with van der Waals surface area (Å²) in [6.45, 7) is 7.21. The number of esters is 1. The average molecular weight is 322 g/mol. The van der Waals surface area contributed by atoms with Crippen molar-refractivity contribution < 1.29 is 9.53 Å². The van der Waals surface area contributed by atoms with Gasteiger partial charge in [0.15, 0.2) is 5.69 Å². The van der Waals surface area contributed by atoms with Crippen LogP contribution in [0.2, 0.25) is 0 Å². The predicted octanol–water partition coefficient (Wildman–Crippen LogP) is 2.32. The summed E-state index contributed by atoms with van der Waals surface area (Å²) in [6.07, 6.45) is 0. The Morgan fingerprint density at radius 2 is 2.33 bits per heavy atom. The minimum Gasteiger partial charge on any atom is -0.461 e. The molecular weight excluding hydrogens is 307 g/mol. The number of halogens is 1. The van der Waals surface area contributed by atoms with E-state index in [1.807, 2.05) is 4.68 Å². The van der Waals surface area contributed by atoms with Crippen LogP contribution in [0.15, 0.2) is 6.07 Å². The van der Waals surface area contributed by atoms with Crippen LogP contribution in [0.25, 0.3) is 0 Å². The van der Waals surface area contributed by atoms with E-state index in [2.05, 4.69) is 41.5 Å². The molecule has 1 heterocycles. The SMILES string of the molecule is CCOC(=O)c1cc(I)n(CC(C)C)n1. The van der Waals surface area contributed by atoms with Gasteiger partial charge in [0.2, 0.25) is 0 Å². The van der Waals surface area contributed by atoms with Gasteiger partial charge in [0.05, 0.1) is 10.3 Å². The summed E-state index contributed by atoms with van der Waals surface area (Å²) in [5, 5.41) is 4.20. The molecular formula is C10H15IN2O2. The molecule has 0 saturated carbocycles. The summed E-state index contributed by atoms with van der Waals surface area (Å²) in [4.78, 5) is 11.4. The summed E-state index contributed by atoms with van der Waals surface area (Å²) in [5.41, 5.74) is 0.391. The number of carbonyl (C=O) groups excluding carboxylic acids is 1. The number of nitrogens with zero attached hydrogens (tertiary/aromatic N) is 2. The third-order valence-corrected chi connectivity index (χ3v) is 2.62. The van der Waals surface area contributed by atoms with Gasteiger partial charge < -0.3 is 4.74 Å². The monoisotopic (exact) mass is 322 g/mol. The second-order valence-corrected chi connectivity index (χ2v) is 4.75. The zero-order valence-corrected chi connectivity index (χ0v) is 11.3. The van der Waals surface area contributed by atoms with Crippen molar-refractivity contribution in [2.45, 2.75) is 27.3 Å². The zero-order chi connectivity index (χ0) is 11.4. The fourth-order valence-corrected chi connectivity index (χ4v) is 1.77. The summed E-state index contributed by atoms with van der Waals surface area (Å²) in [5.74, 6) is 0.159. The molecule has 0 radical (unpaired) electrons. The number of carbonyl (C=O) groups is 1. The van der Waals surface area contributed by atoms with Crippen LogP contribution in [0, 0.1) is 9.62 Å². The fourth-order valence-electron chi connectivity index (χ4n) is 1.17. The molecule has 0 spiro atoms. The quantitative estimate of drug-likeness (QED) is 0.631. The van der Waals surface area contributed by atoms with E-state index in [0.29, 0.717) is 18.2 Å². The van der Waals surface area contributed by atoms with Crippen molar-refractivity contribution >= 4 is 28.6 Å². The van der Waals surface area contributed by atoms with Crippen molar-refractivity contribution in [3.8, 4) is 0 Å². The lowest BCUT2D eigenvalue weighted by Gasteiger charge is -2.05. The Labute approximate surface area is 103 Å². The van der Waals surface area contributed by atoms with Crippen molar-refractivity contribution in [3.63, 3.8) is 0 Å². The molecule has 0 aliphatic rings. The largest absolute Gasteiger partial charge is 0.461 e. The molecule has 15 heavy (non-hydrogen) atoms. The third kappa shape index (κ3) is 3.48. The summed E-state index contributed by atoms with van der Waals surface area (Å²) >= 11 is 2.17. The van der Waals surface area contributed by atoms with Gasteiger partial charge in [0, 0.05) is 12.6 Å². The highest BCUT2D eigenvalue weighted by atomic mass is 127. The first kappa shape index (κ1) is 12.5. The lowest BCUT2D eigenvalue weighted by Crippen LogP contribution is -2.10. The Morgan fingerprint density at radius 3 is 2.87 bits per heavy atom. The minimum absolute atomic E-state index is 0.349. The molecule has 84 valence electrons. The zero-order valence-electron chi connectivity index (χ0n) is 9.16. The van der Waals surface area contributed by atoms with Gasteiger partial charge in [-0.25, -0.2) is 4.79 Å². The lowest BCUT2D eigenvalue weighted by molar-refractivity contribution is 0.0518. The second-order valence-electron chi connectivity index (χ2n) is 3.65. The van der Waals surface area contributed by atoms with Gasteiger partial charge in [-0.2, -0.15) is 5.10 Å². The summed E-state index contributed by atoms with van der Waals surface area (Å²) in [7, 11) is 0. The van der Waals surface area contributed by atoms with Crippen molar-refractivity contribution in [1.29, 1.82) is 0 Å². The van der Waals surface area contributed by atoms with Crippen molar-refractivity contribution in [3.05, 3.63) is 15.5 Å². The molecule has 0 aliphatic heterocycles. The van der Waals surface area contributed by atoms with Gasteiger partial charge in [0.1, 0.15) is 0 Å². The normalized spacial score (nSPS) is 10.7. The third-order valence-electron chi connectivity index (χ3n) is 1.75. The maximum Gasteiger partial charge on any atom is 0.358 e. The topological polar surface area (TPSA) is 44.1 Å². The molecule has 0 amide bonds. The van der Waals surface area contributed by atoms with Gasteiger partial charge in [-0.15, -0.1) is 0 Å². The van der Waals surface area contributed by atoms with Crippen LogP contribution >= 0.6 is 22.6 Å². The minimum atomic E-state index is -0.349. The van der Waals surface area contributed by atoms with Gasteiger partial charge in [-0.1, -0.05) is 13.8 Å². The highest BCUT2D eigenvalue weighted by Crippen LogP contribution is 2.11. The standard InChI is InChI=1S/C10H15IN2O2/c1-4-15-10(14)8-5-9(11)13(12-8)6-7(2)3/h5,7H,4,6H2,1-3H3. The number of rotatable bonds is 4. The van der Waals surface area contributed by atoms with Crippen LogP contribution in [-0.4, -0.2) is 22.4 Å². The van der Waals surface area contributed by atoms with E-state index in [1.165, 1.54) is 0 Å². The van der Waals surface area contributed by atoms with E-state index < -0.39 is 0 Å². The molecule has 0 bridgehead atoms. The highest BCUT2D eigenvalue weighted by Gasteiger charge is 2.14. The highest BCUT2D eigenvalue weighted by molar-refractivity contribution is 14.1. The van der Waals surface area contributed by atoms with Gasteiger partial charge >= 0.3 is 5.97 Å². The summed E-state index contributed by atoms with van der Waals surface area (Å²) < 4.78 is 7.68. The van der Waals surface area contributed by atoms with E-state index in [-0.39, 0.29) is 5.97 Å². The van der Waals surface area contributed by atoms with Crippen molar-refractivity contribution in [2.24, 2.45) is 5.92 Å². The fraction of sp³-hybridized carbons (Fsp3) is 0.600. The first-order valence-electron chi connectivity index (χ1n) is 4.95. The molecule has 4 nitrogen and oxygen atoms in total. The van der Waals surface area contributed by atoms with Crippen molar-refractivity contribution in [1.82, 2.24) is 9.78 Å². The number of hydrogen-bond acceptors (Lipinski definition) is 3. The molecule has 0 unspecified atom stereocenters. The molecule has 0 aliphatic carbocycles. The Kier molecular flexibility index (Phi) is 4.56. The maximum absolute atomic E-state index is 11.4. The van der Waals surface area contributed by atoms with E-state index in [1.54, 1.807) is 13.0 Å². The lowest BCUT2D eigenvalue weighted by atomic mass is 10.2. The second kappa shape index (κ2) is 5.48. The van der Waals surface area contributed by atoms with Crippen LogP contribution in [0.1, 0.15) is 31.3 Å². The molecule has 5 heteroatoms. The Morgan fingerprint density at radius 1 is 1.67 bits per heavy atom. The molecule has 0 N–H and O–H groups in total. The predicted molar refractivity (Wildman–Crippen MR) is 65.7 cm³/mol. The molecule has 1 aromatic heterocycles. The number of aromatic nitrogens is 2. The van der Waals surface area contributed by atoms with Gasteiger partial charge in [0.25, 0.3) is 0 Å². The Bertz CT molecular complexity index is 347. The van der Waals surface area contributed by atoms with Crippen LogP contribution in [0.3, 0.4) is 0 Å². The first-order valence-corrected chi connectivity index (χ1v) is 6.03.